The molecule has 7 nitrogen and oxygen atoms in total. The number of likely N-dealkylation sites (tertiary alicyclic amines) is 1. The molecular formula is C15H29N2O5P. The number of carbonyl (C=O) groups excluding carboxylic acids is 2. The quantitative estimate of drug-likeness (QED) is 0.445. The Morgan fingerprint density at radius 1 is 1.04 bits per heavy atom. The molecule has 134 valence electrons. The topological polar surface area (TPSA) is 76.1 Å². The molecule has 0 aromatic rings. The van der Waals surface area contributed by atoms with Crippen LogP contribution in [0.3, 0.4) is 0 Å². The number of amides is 1. The second-order valence-corrected chi connectivity index (χ2v) is 7.42. The Morgan fingerprint density at radius 3 is 1.91 bits per heavy atom. The molecule has 0 saturated carbocycles. The van der Waals surface area contributed by atoms with E-state index in [1.807, 2.05) is 13.8 Å². The van der Waals surface area contributed by atoms with Crippen LogP contribution in [0.2, 0.25) is 0 Å². The standard InChI is InChI=1S/C15H29N2O5P/c1-5-16(6-2)14(19)13(18)15(17-11-9-10-12-17)23(20,21-7-3)22-8-4/h15H,5-12H2,1-4H3. The molecule has 1 aliphatic heterocycles. The van der Waals surface area contributed by atoms with Crippen LogP contribution >= 0.6 is 7.60 Å². The number of Topliss-reactive ketones (excluding diaryl/α,β-unsaturated/α-hetero) is 1. The van der Waals surface area contributed by atoms with Crippen LogP contribution in [0.15, 0.2) is 0 Å². The average molecular weight is 348 g/mol. The highest BCUT2D eigenvalue weighted by Gasteiger charge is 2.48. The van der Waals surface area contributed by atoms with E-state index in [4.69, 9.17) is 9.05 Å². The Hall–Kier alpha value is -0.750. The first-order valence-corrected chi connectivity index (χ1v) is 10.0. The molecule has 1 heterocycles. The zero-order valence-electron chi connectivity index (χ0n) is 14.6. The van der Waals surface area contributed by atoms with Crippen molar-refractivity contribution in [2.75, 3.05) is 39.4 Å². The second-order valence-electron chi connectivity index (χ2n) is 5.33. The summed E-state index contributed by atoms with van der Waals surface area (Å²) in [6, 6.07) is 0. The van der Waals surface area contributed by atoms with Gasteiger partial charge in [0.25, 0.3) is 5.91 Å². The van der Waals surface area contributed by atoms with Gasteiger partial charge in [-0.25, -0.2) is 0 Å². The molecule has 0 spiro atoms. The number of hydrogen-bond acceptors (Lipinski definition) is 6. The van der Waals surface area contributed by atoms with Gasteiger partial charge in [-0.15, -0.1) is 0 Å². The highest BCUT2D eigenvalue weighted by Crippen LogP contribution is 2.55. The summed E-state index contributed by atoms with van der Waals surface area (Å²) in [5.74, 6) is -2.45. The maximum Gasteiger partial charge on any atom is 0.355 e. The Bertz CT molecular complexity index is 437. The van der Waals surface area contributed by atoms with E-state index in [1.54, 1.807) is 18.7 Å². The van der Waals surface area contributed by atoms with Gasteiger partial charge in [0.1, 0.15) is 0 Å². The predicted molar refractivity (Wildman–Crippen MR) is 88.4 cm³/mol. The lowest BCUT2D eigenvalue weighted by Gasteiger charge is -2.32. The van der Waals surface area contributed by atoms with Gasteiger partial charge in [0.2, 0.25) is 5.78 Å². The third-order valence-corrected chi connectivity index (χ3v) is 6.30. The van der Waals surface area contributed by atoms with Crippen LogP contribution in [-0.2, 0) is 23.2 Å². The minimum Gasteiger partial charge on any atom is -0.337 e. The first kappa shape index (κ1) is 20.3. The molecule has 1 rings (SSSR count). The first-order chi connectivity index (χ1) is 10.9. The predicted octanol–water partition coefficient (Wildman–Crippen LogP) is 2.11. The molecule has 1 atom stereocenters. The van der Waals surface area contributed by atoms with Crippen LogP contribution in [0.5, 0.6) is 0 Å². The van der Waals surface area contributed by atoms with E-state index in [0.29, 0.717) is 26.2 Å². The molecular weight excluding hydrogens is 319 g/mol. The van der Waals surface area contributed by atoms with Crippen molar-refractivity contribution >= 4 is 19.3 Å². The number of ketones is 1. The molecule has 0 radical (unpaired) electrons. The van der Waals surface area contributed by atoms with Crippen LogP contribution in [-0.4, -0.2) is 66.7 Å². The van der Waals surface area contributed by atoms with Crippen molar-refractivity contribution in [3.63, 3.8) is 0 Å². The number of carbonyl (C=O) groups is 2. The van der Waals surface area contributed by atoms with Crippen LogP contribution in [0.25, 0.3) is 0 Å². The van der Waals surface area contributed by atoms with Gasteiger partial charge in [-0.3, -0.25) is 19.1 Å². The van der Waals surface area contributed by atoms with E-state index < -0.39 is 25.1 Å². The Balaban J connectivity index is 3.15. The van der Waals surface area contributed by atoms with E-state index >= 15 is 0 Å². The molecule has 0 aromatic carbocycles. The molecule has 1 saturated heterocycles. The average Bonchev–Trinajstić information content (AvgIpc) is 3.02. The van der Waals surface area contributed by atoms with Crippen LogP contribution in [0.1, 0.15) is 40.5 Å². The van der Waals surface area contributed by atoms with Gasteiger partial charge in [-0.05, 0) is 53.6 Å². The first-order valence-electron chi connectivity index (χ1n) is 8.41. The zero-order chi connectivity index (χ0) is 17.5. The minimum absolute atomic E-state index is 0.161. The molecule has 23 heavy (non-hydrogen) atoms. The highest BCUT2D eigenvalue weighted by molar-refractivity contribution is 7.56. The number of hydrogen-bond donors (Lipinski definition) is 0. The molecule has 0 aromatic heterocycles. The maximum absolute atomic E-state index is 13.2. The zero-order valence-corrected chi connectivity index (χ0v) is 15.5. The summed E-state index contributed by atoms with van der Waals surface area (Å²) in [5, 5.41) is 0. The molecule has 8 heteroatoms. The van der Waals surface area contributed by atoms with Crippen LogP contribution < -0.4 is 0 Å². The second kappa shape index (κ2) is 9.52. The van der Waals surface area contributed by atoms with E-state index in [1.165, 1.54) is 4.90 Å². The highest BCUT2D eigenvalue weighted by atomic mass is 31.2. The lowest BCUT2D eigenvalue weighted by molar-refractivity contribution is -0.146. The Labute approximate surface area is 138 Å². The molecule has 1 amide bonds. The summed E-state index contributed by atoms with van der Waals surface area (Å²) in [7, 11) is -3.72. The number of likely N-dealkylation sites (N-methyl/N-ethyl adjacent to an activating group) is 1. The monoisotopic (exact) mass is 348 g/mol. The van der Waals surface area contributed by atoms with E-state index in [-0.39, 0.29) is 13.2 Å². The van der Waals surface area contributed by atoms with Gasteiger partial charge >= 0.3 is 7.60 Å². The van der Waals surface area contributed by atoms with Crippen molar-refractivity contribution in [1.82, 2.24) is 9.80 Å². The van der Waals surface area contributed by atoms with Gasteiger partial charge in [-0.1, -0.05) is 0 Å². The third kappa shape index (κ3) is 4.86. The Morgan fingerprint density at radius 2 is 1.52 bits per heavy atom. The summed E-state index contributed by atoms with van der Waals surface area (Å²) in [5.41, 5.74) is 0. The van der Waals surface area contributed by atoms with Crippen LogP contribution in [0, 0.1) is 0 Å². The van der Waals surface area contributed by atoms with Crippen molar-refractivity contribution in [3.05, 3.63) is 0 Å². The fraction of sp³-hybridized carbons (Fsp3) is 0.867. The van der Waals surface area contributed by atoms with Crippen molar-refractivity contribution in [1.29, 1.82) is 0 Å². The van der Waals surface area contributed by atoms with Gasteiger partial charge < -0.3 is 13.9 Å². The van der Waals surface area contributed by atoms with Gasteiger partial charge in [0.15, 0.2) is 5.78 Å². The Kier molecular flexibility index (Phi) is 8.40. The summed E-state index contributed by atoms with van der Waals surface area (Å²) in [6.07, 6.45) is 1.81. The smallest absolute Gasteiger partial charge is 0.337 e. The summed E-state index contributed by atoms with van der Waals surface area (Å²) in [6.45, 7) is 9.44. The molecule has 0 bridgehead atoms. The lowest BCUT2D eigenvalue weighted by atomic mass is 10.3. The fourth-order valence-corrected chi connectivity index (χ4v) is 4.92. The maximum atomic E-state index is 13.2. The van der Waals surface area contributed by atoms with Crippen molar-refractivity contribution < 1.29 is 23.2 Å². The molecule has 1 aliphatic rings. The van der Waals surface area contributed by atoms with Crippen LogP contribution in [0.4, 0.5) is 0 Å². The number of nitrogens with zero attached hydrogens (tertiary/aromatic N) is 2. The molecule has 1 fully saturated rings. The van der Waals surface area contributed by atoms with Crippen molar-refractivity contribution in [2.45, 2.75) is 46.3 Å². The summed E-state index contributed by atoms with van der Waals surface area (Å²) in [4.78, 5) is 28.5. The van der Waals surface area contributed by atoms with Gasteiger partial charge in [0.05, 0.1) is 13.2 Å². The van der Waals surface area contributed by atoms with E-state index in [0.717, 1.165) is 12.8 Å². The summed E-state index contributed by atoms with van der Waals surface area (Å²) < 4.78 is 23.9. The minimum atomic E-state index is -3.72. The third-order valence-electron chi connectivity index (χ3n) is 3.90. The lowest BCUT2D eigenvalue weighted by Crippen LogP contribution is -2.48. The van der Waals surface area contributed by atoms with Crippen molar-refractivity contribution in [2.24, 2.45) is 0 Å². The van der Waals surface area contributed by atoms with E-state index in [9.17, 15) is 14.2 Å². The van der Waals surface area contributed by atoms with Gasteiger partial charge in [0, 0.05) is 13.1 Å². The van der Waals surface area contributed by atoms with Gasteiger partial charge in [-0.2, -0.15) is 0 Å². The molecule has 0 N–H and O–H groups in total. The normalized spacial score (nSPS) is 17.2. The summed E-state index contributed by atoms with van der Waals surface area (Å²) >= 11 is 0. The van der Waals surface area contributed by atoms with Crippen molar-refractivity contribution in [3.8, 4) is 0 Å². The SMILES string of the molecule is CCOP(=O)(OCC)C(C(=O)C(=O)N(CC)CC)N1CCCC1. The molecule has 0 aliphatic carbocycles. The number of rotatable bonds is 10. The van der Waals surface area contributed by atoms with E-state index in [2.05, 4.69) is 0 Å². The molecule has 1 unspecified atom stereocenters. The largest absolute Gasteiger partial charge is 0.355 e. The fourth-order valence-electron chi connectivity index (χ4n) is 2.81.